The topological polar surface area (TPSA) is 56.8 Å². The van der Waals surface area contributed by atoms with E-state index in [1.165, 1.54) is 0 Å². The maximum absolute atomic E-state index is 8.37. The first kappa shape index (κ1) is 5.86. The molecule has 0 amide bonds. The van der Waals surface area contributed by atoms with Gasteiger partial charge < -0.3 is 0 Å². The van der Waals surface area contributed by atoms with Crippen molar-refractivity contribution in [2.75, 3.05) is 0 Å². The number of benzene rings is 1. The van der Waals surface area contributed by atoms with Crippen LogP contribution in [0.1, 0.15) is 0 Å². The van der Waals surface area contributed by atoms with Crippen molar-refractivity contribution in [3.63, 3.8) is 0 Å². The Bertz CT molecular complexity index is 390. The van der Waals surface area contributed by atoms with Crippen LogP contribution in [0, 0.1) is 5.39 Å². The molecule has 0 saturated heterocycles. The monoisotopic (exact) mass is 145 g/mol. The van der Waals surface area contributed by atoms with Crippen LogP contribution in [0.5, 0.6) is 0 Å². The Morgan fingerprint density at radius 1 is 1.36 bits per heavy atom. The average molecular weight is 145 g/mol. The van der Waals surface area contributed by atoms with Crippen LogP contribution in [0.15, 0.2) is 24.3 Å². The molecule has 0 aliphatic rings. The summed E-state index contributed by atoms with van der Waals surface area (Å²) in [4.78, 5) is 9.72. The van der Waals surface area contributed by atoms with Crippen LogP contribution >= 0.6 is 0 Å². The van der Waals surface area contributed by atoms with Crippen molar-refractivity contribution in [3.05, 3.63) is 29.2 Å². The lowest BCUT2D eigenvalue weighted by atomic mass is 10.3. The maximum Gasteiger partial charge on any atom is 0.526 e. The minimum atomic E-state index is 0.242. The van der Waals surface area contributed by atoms with Gasteiger partial charge in [-0.15, -0.1) is 0 Å². The molecule has 1 aromatic carbocycles. The fourth-order valence-electron chi connectivity index (χ4n) is 0.987. The number of fused-ring (bicyclic) bond motifs is 1. The zero-order chi connectivity index (χ0) is 7.68. The molecule has 0 bridgehead atoms. The minimum Gasteiger partial charge on any atom is -0.222 e. The number of diazo groups is 1. The highest BCUT2D eigenvalue weighted by Crippen LogP contribution is 2.14. The smallest absolute Gasteiger partial charge is 0.222 e. The average Bonchev–Trinajstić information content (AvgIpc) is 2.46. The van der Waals surface area contributed by atoms with Gasteiger partial charge in [-0.05, 0) is 17.1 Å². The number of H-pyrrole nitrogens is 1. The molecule has 0 saturated carbocycles. The largest absolute Gasteiger partial charge is 0.526 e. The first-order valence-corrected chi connectivity index (χ1v) is 3.20. The van der Waals surface area contributed by atoms with Crippen LogP contribution < -0.4 is 0 Å². The van der Waals surface area contributed by atoms with Crippen molar-refractivity contribution in [3.8, 4) is 0 Å². The first-order chi connectivity index (χ1) is 5.40. The third-order valence-corrected chi connectivity index (χ3v) is 1.47. The lowest BCUT2D eigenvalue weighted by Crippen LogP contribution is -1.63. The van der Waals surface area contributed by atoms with Crippen LogP contribution in [0.2, 0.25) is 0 Å². The zero-order valence-corrected chi connectivity index (χ0v) is 5.65. The van der Waals surface area contributed by atoms with E-state index < -0.39 is 0 Å². The van der Waals surface area contributed by atoms with Gasteiger partial charge in [0.15, 0.2) is 5.52 Å². The summed E-state index contributed by atoms with van der Waals surface area (Å²) in [5, 5.41) is 8.37. The highest BCUT2D eigenvalue weighted by molar-refractivity contribution is 5.77. The molecular weight excluding hydrogens is 140 g/mol. The molecule has 0 spiro atoms. The SMILES string of the molecule is N#[N+]c1nc2ccccc2[nH]1. The van der Waals surface area contributed by atoms with E-state index in [1.54, 1.807) is 0 Å². The lowest BCUT2D eigenvalue weighted by Gasteiger charge is -1.75. The number of aromatic nitrogens is 2. The molecule has 11 heavy (non-hydrogen) atoms. The quantitative estimate of drug-likeness (QED) is 0.576. The first-order valence-electron chi connectivity index (χ1n) is 3.20. The number of imidazole rings is 1. The van der Waals surface area contributed by atoms with Gasteiger partial charge in [0, 0.05) is 0 Å². The molecule has 0 radical (unpaired) electrons. The maximum atomic E-state index is 8.37. The van der Waals surface area contributed by atoms with Crippen molar-refractivity contribution in [1.29, 1.82) is 5.39 Å². The van der Waals surface area contributed by atoms with Gasteiger partial charge in [-0.1, -0.05) is 17.1 Å². The van der Waals surface area contributed by atoms with E-state index in [0.29, 0.717) is 0 Å². The summed E-state index contributed by atoms with van der Waals surface area (Å²) in [7, 11) is 0. The third-order valence-electron chi connectivity index (χ3n) is 1.47. The van der Waals surface area contributed by atoms with Gasteiger partial charge in [-0.25, -0.2) is 4.98 Å². The summed E-state index contributed by atoms with van der Waals surface area (Å²) in [5.41, 5.74) is 1.68. The molecule has 0 aliphatic heterocycles. The Morgan fingerprint density at radius 3 is 2.91 bits per heavy atom. The minimum absolute atomic E-state index is 0.242. The summed E-state index contributed by atoms with van der Waals surface area (Å²) in [6.07, 6.45) is 0. The highest BCUT2D eigenvalue weighted by Gasteiger charge is 2.10. The van der Waals surface area contributed by atoms with E-state index in [-0.39, 0.29) is 5.95 Å². The molecule has 0 unspecified atom stereocenters. The molecule has 2 aromatic rings. The Kier molecular flexibility index (Phi) is 1.10. The number of aromatic amines is 1. The van der Waals surface area contributed by atoms with Gasteiger partial charge in [0.2, 0.25) is 0 Å². The Labute approximate surface area is 62.5 Å². The number of rotatable bonds is 0. The summed E-state index contributed by atoms with van der Waals surface area (Å²) >= 11 is 0. The second-order valence-electron chi connectivity index (χ2n) is 2.18. The molecular formula is C7H5N4+. The van der Waals surface area contributed by atoms with Gasteiger partial charge >= 0.3 is 5.95 Å². The second kappa shape index (κ2) is 2.06. The molecule has 1 N–H and O–H groups in total. The normalized spacial score (nSPS) is 9.73. The van der Waals surface area contributed by atoms with E-state index in [2.05, 4.69) is 14.9 Å². The molecule has 1 heterocycles. The summed E-state index contributed by atoms with van der Waals surface area (Å²) in [6.45, 7) is 0. The van der Waals surface area contributed by atoms with Crippen molar-refractivity contribution in [1.82, 2.24) is 9.97 Å². The standard InChI is InChI=1S/C7H5N4/c8-11-7-9-5-3-1-2-4-6(5)10-7/h1-4H,(H,9,10)/q+1. The Hall–Kier alpha value is -1.89. The van der Waals surface area contributed by atoms with Crippen molar-refractivity contribution in [2.24, 2.45) is 0 Å². The van der Waals surface area contributed by atoms with Gasteiger partial charge in [0.05, 0.1) is 5.39 Å². The predicted octanol–water partition coefficient (Wildman–Crippen LogP) is 2.05. The van der Waals surface area contributed by atoms with Crippen LogP contribution in [-0.4, -0.2) is 9.97 Å². The van der Waals surface area contributed by atoms with Crippen LogP contribution in [0.3, 0.4) is 0 Å². The highest BCUT2D eigenvalue weighted by atomic mass is 15.1. The van der Waals surface area contributed by atoms with E-state index in [4.69, 9.17) is 5.39 Å². The zero-order valence-electron chi connectivity index (χ0n) is 5.65. The predicted molar refractivity (Wildman–Crippen MR) is 40.8 cm³/mol. The number of para-hydroxylation sites is 2. The van der Waals surface area contributed by atoms with E-state index in [9.17, 15) is 0 Å². The number of hydrogen-bond acceptors (Lipinski definition) is 2. The van der Waals surface area contributed by atoms with Gasteiger partial charge in [0.25, 0.3) is 0 Å². The molecule has 1 aromatic heterocycles. The summed E-state index contributed by atoms with van der Waals surface area (Å²) in [5.74, 6) is 0.242. The molecule has 2 rings (SSSR count). The summed E-state index contributed by atoms with van der Waals surface area (Å²) < 4.78 is 0. The van der Waals surface area contributed by atoms with Crippen molar-refractivity contribution in [2.45, 2.75) is 0 Å². The molecule has 0 fully saturated rings. The van der Waals surface area contributed by atoms with Crippen molar-refractivity contribution < 1.29 is 0 Å². The number of nitrogens with one attached hydrogen (secondary N) is 1. The van der Waals surface area contributed by atoms with E-state index >= 15 is 0 Å². The molecule has 4 nitrogen and oxygen atoms in total. The third kappa shape index (κ3) is 0.829. The lowest BCUT2D eigenvalue weighted by molar-refractivity contribution is 1.32. The number of hydrogen-bond donors (Lipinski definition) is 1. The van der Waals surface area contributed by atoms with Gasteiger partial charge in [-0.3, -0.25) is 0 Å². The fraction of sp³-hybridized carbons (Fsp3) is 0. The van der Waals surface area contributed by atoms with Gasteiger partial charge in [0.1, 0.15) is 5.52 Å². The van der Waals surface area contributed by atoms with Crippen LogP contribution in [0.25, 0.3) is 16.0 Å². The molecule has 52 valence electrons. The second-order valence-corrected chi connectivity index (χ2v) is 2.18. The molecule has 0 atom stereocenters. The van der Waals surface area contributed by atoms with Gasteiger partial charge in [-0.2, -0.15) is 0 Å². The number of nitrogens with zero attached hydrogens (tertiary/aromatic N) is 3. The van der Waals surface area contributed by atoms with Crippen LogP contribution in [-0.2, 0) is 0 Å². The van der Waals surface area contributed by atoms with E-state index in [0.717, 1.165) is 11.0 Å². The Morgan fingerprint density at radius 2 is 2.18 bits per heavy atom. The van der Waals surface area contributed by atoms with Crippen LogP contribution in [0.4, 0.5) is 5.95 Å². The molecule has 4 heteroatoms. The van der Waals surface area contributed by atoms with E-state index in [1.807, 2.05) is 24.3 Å². The molecule has 0 aliphatic carbocycles. The van der Waals surface area contributed by atoms with Crippen molar-refractivity contribution >= 4 is 17.0 Å². The fourth-order valence-corrected chi connectivity index (χ4v) is 0.987. The Balaban J connectivity index is 2.81. The summed E-state index contributed by atoms with van der Waals surface area (Å²) in [6, 6.07) is 7.49.